The van der Waals surface area contributed by atoms with Gasteiger partial charge in [0.15, 0.2) is 0 Å². The van der Waals surface area contributed by atoms with Crippen molar-refractivity contribution in [1.29, 1.82) is 10.5 Å². The van der Waals surface area contributed by atoms with E-state index in [-0.39, 0.29) is 28.7 Å². The maximum absolute atomic E-state index is 13.7. The minimum atomic E-state index is -0.359. The number of anilines is 2. The van der Waals surface area contributed by atoms with E-state index in [0.29, 0.717) is 28.7 Å². The van der Waals surface area contributed by atoms with Crippen LogP contribution in [0.2, 0.25) is 0 Å². The Kier molecular flexibility index (Phi) is 7.84. The number of aromatic nitrogens is 2. The molecule has 0 saturated heterocycles. The van der Waals surface area contributed by atoms with Crippen molar-refractivity contribution in [3.05, 3.63) is 63.8 Å². The first kappa shape index (κ1) is 26.7. The Bertz CT molecular complexity index is 1470. The van der Waals surface area contributed by atoms with Crippen molar-refractivity contribution in [3.8, 4) is 12.1 Å². The summed E-state index contributed by atoms with van der Waals surface area (Å²) in [4.78, 5) is 22.1. The van der Waals surface area contributed by atoms with E-state index in [2.05, 4.69) is 22.0 Å². The van der Waals surface area contributed by atoms with E-state index in [1.807, 2.05) is 24.1 Å². The first-order valence-corrected chi connectivity index (χ1v) is 14.0. The second kappa shape index (κ2) is 11.5. The van der Waals surface area contributed by atoms with Crippen molar-refractivity contribution in [2.45, 2.75) is 69.9 Å². The summed E-state index contributed by atoms with van der Waals surface area (Å²) in [6, 6.07) is 14.9. The highest BCUT2D eigenvalue weighted by Gasteiger charge is 2.32. The lowest BCUT2D eigenvalue weighted by atomic mass is 9.85. The van der Waals surface area contributed by atoms with E-state index >= 15 is 0 Å². The lowest BCUT2D eigenvalue weighted by Crippen LogP contribution is -2.45. The third-order valence-corrected chi connectivity index (χ3v) is 8.79. The molecule has 0 spiro atoms. The van der Waals surface area contributed by atoms with Crippen LogP contribution in [0.4, 0.5) is 15.8 Å². The van der Waals surface area contributed by atoms with Crippen LogP contribution in [-0.2, 0) is 7.05 Å². The van der Waals surface area contributed by atoms with Crippen LogP contribution >= 0.6 is 0 Å². The highest BCUT2D eigenvalue weighted by molar-refractivity contribution is 5.92. The molecule has 0 aliphatic heterocycles. The van der Waals surface area contributed by atoms with Crippen LogP contribution < -0.4 is 15.4 Å². The van der Waals surface area contributed by atoms with Crippen LogP contribution in [0.15, 0.2) is 41.2 Å². The molecule has 3 aromatic rings. The van der Waals surface area contributed by atoms with Gasteiger partial charge in [-0.25, -0.2) is 9.37 Å². The Hall–Kier alpha value is -3.91. The topological polar surface area (TPSA) is 88.9 Å². The van der Waals surface area contributed by atoms with Gasteiger partial charge in [0, 0.05) is 38.4 Å². The zero-order valence-corrected chi connectivity index (χ0v) is 22.7. The highest BCUT2D eigenvalue weighted by Crippen LogP contribution is 2.36. The van der Waals surface area contributed by atoms with Gasteiger partial charge in [0.1, 0.15) is 34.7 Å². The Morgan fingerprint density at radius 2 is 1.62 bits per heavy atom. The smallest absolute Gasteiger partial charge is 0.270 e. The Balaban J connectivity index is 1.41. The fourth-order valence-electron chi connectivity index (χ4n) is 6.59. The van der Waals surface area contributed by atoms with Gasteiger partial charge >= 0.3 is 0 Å². The van der Waals surface area contributed by atoms with Crippen LogP contribution in [-0.4, -0.2) is 35.2 Å². The van der Waals surface area contributed by atoms with Crippen LogP contribution in [0.25, 0.3) is 11.0 Å². The summed E-state index contributed by atoms with van der Waals surface area (Å²) in [5.41, 5.74) is 2.64. The molecule has 0 bridgehead atoms. The highest BCUT2D eigenvalue weighted by atomic mass is 19.1. The van der Waals surface area contributed by atoms with E-state index in [1.54, 1.807) is 31.3 Å². The van der Waals surface area contributed by atoms with Gasteiger partial charge in [-0.15, -0.1) is 0 Å². The average Bonchev–Trinajstić information content (AvgIpc) is 2.98. The molecule has 39 heavy (non-hydrogen) atoms. The van der Waals surface area contributed by atoms with Crippen molar-refractivity contribution in [3.63, 3.8) is 0 Å². The van der Waals surface area contributed by atoms with Gasteiger partial charge in [-0.3, -0.25) is 4.79 Å². The summed E-state index contributed by atoms with van der Waals surface area (Å²) in [7, 11) is 3.56. The maximum Gasteiger partial charge on any atom is 0.270 e. The first-order valence-electron chi connectivity index (χ1n) is 14.0. The minimum absolute atomic E-state index is 0.0578. The molecule has 8 heteroatoms. The number of aryl methyl sites for hydroxylation is 1. The number of nitrogens with zero attached hydrogens (tertiary/aromatic N) is 6. The molecular formula is C31H35FN6O. The molecule has 1 aromatic carbocycles. The van der Waals surface area contributed by atoms with E-state index in [1.165, 1.54) is 36.7 Å². The Morgan fingerprint density at radius 1 is 0.949 bits per heavy atom. The number of nitriles is 2. The molecule has 2 fully saturated rings. The van der Waals surface area contributed by atoms with E-state index in [0.717, 1.165) is 37.9 Å². The predicted molar refractivity (Wildman–Crippen MR) is 151 cm³/mol. The average molecular weight is 527 g/mol. The van der Waals surface area contributed by atoms with E-state index in [4.69, 9.17) is 0 Å². The maximum atomic E-state index is 13.7. The van der Waals surface area contributed by atoms with E-state index in [9.17, 15) is 19.7 Å². The molecule has 5 rings (SSSR count). The van der Waals surface area contributed by atoms with E-state index < -0.39 is 0 Å². The molecule has 2 aliphatic carbocycles. The fourth-order valence-corrected chi connectivity index (χ4v) is 6.59. The molecule has 0 radical (unpaired) electrons. The quantitative estimate of drug-likeness (QED) is 0.412. The van der Waals surface area contributed by atoms with Gasteiger partial charge < -0.3 is 14.4 Å². The summed E-state index contributed by atoms with van der Waals surface area (Å²) in [5.74, 6) is 0.444. The Labute approximate surface area is 229 Å². The lowest BCUT2D eigenvalue weighted by molar-refractivity contribution is 0.319. The Morgan fingerprint density at radius 3 is 2.26 bits per heavy atom. The van der Waals surface area contributed by atoms with Crippen LogP contribution in [0.3, 0.4) is 0 Å². The number of rotatable bonds is 6. The van der Waals surface area contributed by atoms with Crippen molar-refractivity contribution < 1.29 is 4.39 Å². The van der Waals surface area contributed by atoms with Crippen LogP contribution in [0.1, 0.15) is 69.0 Å². The van der Waals surface area contributed by atoms with Gasteiger partial charge in [-0.05, 0) is 80.8 Å². The van der Waals surface area contributed by atoms with Crippen LogP contribution in [0.5, 0.6) is 0 Å². The van der Waals surface area contributed by atoms with Crippen molar-refractivity contribution in [1.82, 2.24) is 9.55 Å². The van der Waals surface area contributed by atoms with Gasteiger partial charge in [0.2, 0.25) is 0 Å². The minimum Gasteiger partial charge on any atom is -0.369 e. The fraction of sp³-hybridized carbons (Fsp3) is 0.484. The van der Waals surface area contributed by atoms with Crippen LogP contribution in [0, 0.1) is 34.4 Å². The summed E-state index contributed by atoms with van der Waals surface area (Å²) < 4.78 is 15.2. The summed E-state index contributed by atoms with van der Waals surface area (Å²) >= 11 is 0. The van der Waals surface area contributed by atoms with Gasteiger partial charge in [0.25, 0.3) is 5.56 Å². The lowest BCUT2D eigenvalue weighted by Gasteiger charge is -2.43. The normalized spacial score (nSPS) is 19.8. The SMILES string of the molecule is CN(c1c(C#N)c(=O)n(C)c2ccc(C#N)nc12)C1CCC(N(CC2CCCCC2)c2ccc(F)cc2)CC1. The van der Waals surface area contributed by atoms with Crippen molar-refractivity contribution in [2.24, 2.45) is 13.0 Å². The zero-order chi connectivity index (χ0) is 27.5. The van der Waals surface area contributed by atoms with Gasteiger partial charge in [0.05, 0.1) is 11.2 Å². The molecule has 0 unspecified atom stereocenters. The van der Waals surface area contributed by atoms with Crippen molar-refractivity contribution >= 4 is 22.4 Å². The monoisotopic (exact) mass is 526 g/mol. The predicted octanol–water partition coefficient (Wildman–Crippen LogP) is 5.65. The molecule has 2 heterocycles. The van der Waals surface area contributed by atoms with Crippen molar-refractivity contribution in [2.75, 3.05) is 23.4 Å². The molecule has 2 saturated carbocycles. The summed E-state index contributed by atoms with van der Waals surface area (Å²) in [6.07, 6.45) is 10.1. The third kappa shape index (κ3) is 5.34. The number of hydrogen-bond donors (Lipinski definition) is 0. The second-order valence-corrected chi connectivity index (χ2v) is 11.1. The zero-order valence-electron chi connectivity index (χ0n) is 22.7. The first-order chi connectivity index (χ1) is 18.9. The van der Waals surface area contributed by atoms with Gasteiger partial charge in [-0.2, -0.15) is 10.5 Å². The number of pyridine rings is 2. The molecular weight excluding hydrogens is 491 g/mol. The summed E-state index contributed by atoms with van der Waals surface area (Å²) in [6.45, 7) is 0.996. The van der Waals surface area contributed by atoms with Gasteiger partial charge in [-0.1, -0.05) is 19.3 Å². The molecule has 0 N–H and O–H groups in total. The molecule has 0 amide bonds. The number of fused-ring (bicyclic) bond motifs is 1. The molecule has 2 aromatic heterocycles. The third-order valence-electron chi connectivity index (χ3n) is 8.79. The largest absolute Gasteiger partial charge is 0.369 e. The molecule has 7 nitrogen and oxygen atoms in total. The summed E-state index contributed by atoms with van der Waals surface area (Å²) in [5, 5.41) is 19.4. The molecule has 0 atom stereocenters. The number of hydrogen-bond acceptors (Lipinski definition) is 6. The molecule has 2 aliphatic rings. The number of benzene rings is 1. The standard InChI is InChI=1S/C31H35FN6O/c1-36(30-27(19-34)31(39)37(2)28-17-10-23(18-33)35-29(28)30)24-13-15-26(16-14-24)38(20-21-6-4-3-5-7-21)25-11-8-22(32)9-12-25/h8-12,17,21,24,26H,3-7,13-16,20H2,1-2H3. The second-order valence-electron chi connectivity index (χ2n) is 11.1. The molecule has 202 valence electrons. The number of halogens is 1.